The number of pyridine rings is 1. The molecule has 0 amide bonds. The predicted octanol–water partition coefficient (Wildman–Crippen LogP) is 13.4. The number of benzene rings is 9. The molecule has 0 spiro atoms. The number of rotatable bonds is 5. The summed E-state index contributed by atoms with van der Waals surface area (Å²) in [6, 6.07) is 68.0. The third-order valence-corrected chi connectivity index (χ3v) is 10.9. The Bertz CT molecular complexity index is 3170. The lowest BCUT2D eigenvalue weighted by Crippen LogP contribution is -2.01. The molecule has 4 heteroatoms. The van der Waals surface area contributed by atoms with Crippen molar-refractivity contribution in [3.05, 3.63) is 194 Å². The summed E-state index contributed by atoms with van der Waals surface area (Å²) in [6.45, 7) is 0. The molecule has 2 aromatic heterocycles. The van der Waals surface area contributed by atoms with E-state index in [0.29, 0.717) is 17.5 Å². The zero-order valence-corrected chi connectivity index (χ0v) is 30.3. The lowest BCUT2D eigenvalue weighted by Gasteiger charge is -2.18. The molecule has 11 rings (SSSR count). The van der Waals surface area contributed by atoms with Gasteiger partial charge in [0.05, 0.1) is 11.2 Å². The van der Waals surface area contributed by atoms with Crippen LogP contribution in [-0.4, -0.2) is 19.9 Å². The Labute approximate surface area is 323 Å². The van der Waals surface area contributed by atoms with Gasteiger partial charge in [-0.05, 0) is 49.5 Å². The molecule has 2 heterocycles. The average molecular weight is 713 g/mol. The molecule has 0 fully saturated rings. The number of hydrogen-bond donors (Lipinski definition) is 0. The maximum absolute atomic E-state index is 5.44. The molecule has 4 nitrogen and oxygen atoms in total. The van der Waals surface area contributed by atoms with Crippen LogP contribution in [0.5, 0.6) is 0 Å². The lowest BCUT2D eigenvalue weighted by molar-refractivity contribution is 1.08. The van der Waals surface area contributed by atoms with Crippen molar-refractivity contribution in [3.8, 4) is 56.5 Å². The van der Waals surface area contributed by atoms with E-state index in [1.807, 2.05) is 36.4 Å². The van der Waals surface area contributed by atoms with E-state index < -0.39 is 0 Å². The minimum Gasteiger partial charge on any atom is -0.247 e. The van der Waals surface area contributed by atoms with E-state index in [2.05, 4.69) is 158 Å². The molecule has 0 atom stereocenters. The van der Waals surface area contributed by atoms with E-state index in [1.54, 1.807) is 0 Å². The van der Waals surface area contributed by atoms with Crippen molar-refractivity contribution in [2.45, 2.75) is 0 Å². The summed E-state index contributed by atoms with van der Waals surface area (Å²) in [7, 11) is 0. The van der Waals surface area contributed by atoms with E-state index in [9.17, 15) is 0 Å². The van der Waals surface area contributed by atoms with Crippen LogP contribution in [0.25, 0.3) is 111 Å². The summed E-state index contributed by atoms with van der Waals surface area (Å²) in [5, 5.41) is 10.4. The third kappa shape index (κ3) is 5.23. The minimum atomic E-state index is 0.640. The summed E-state index contributed by atoms with van der Waals surface area (Å²) >= 11 is 0. The molecule has 11 aromatic rings. The smallest absolute Gasteiger partial charge is 0.165 e. The second kappa shape index (κ2) is 13.1. The van der Waals surface area contributed by atoms with Crippen molar-refractivity contribution in [1.29, 1.82) is 0 Å². The molecule has 0 bridgehead atoms. The highest BCUT2D eigenvalue weighted by atomic mass is 15.0. The van der Waals surface area contributed by atoms with Gasteiger partial charge in [0.2, 0.25) is 0 Å². The molecule has 0 saturated carbocycles. The fourth-order valence-corrected chi connectivity index (χ4v) is 8.35. The van der Waals surface area contributed by atoms with Crippen LogP contribution < -0.4 is 0 Å². The van der Waals surface area contributed by atoms with Crippen molar-refractivity contribution < 1.29 is 0 Å². The zero-order chi connectivity index (χ0) is 37.0. The van der Waals surface area contributed by atoms with Crippen LogP contribution >= 0.6 is 0 Å². The Balaban J connectivity index is 1.20. The van der Waals surface area contributed by atoms with Crippen LogP contribution in [0.15, 0.2) is 194 Å². The summed E-state index contributed by atoms with van der Waals surface area (Å²) in [5.74, 6) is 1.92. The molecule has 0 radical (unpaired) electrons. The standard InChI is InChI=1S/C52H32N4/c1-4-17-34(18-5-1)49-44-31-28-33-16-10-11-23-38(33)47(44)43-30-29-37(32-45(43)53-49)46-39-24-12-14-26-41(39)48(42-27-15-13-25-40(42)46)52-55-50(35-19-6-2-7-20-35)54-51(56-52)36-21-8-3-9-22-36/h1-32H. The van der Waals surface area contributed by atoms with Crippen molar-refractivity contribution in [2.75, 3.05) is 0 Å². The van der Waals surface area contributed by atoms with Gasteiger partial charge in [-0.2, -0.15) is 0 Å². The number of fused-ring (bicyclic) bond motifs is 7. The highest BCUT2D eigenvalue weighted by Crippen LogP contribution is 2.45. The van der Waals surface area contributed by atoms with Crippen molar-refractivity contribution in [1.82, 2.24) is 19.9 Å². The molecule has 0 unspecified atom stereocenters. The fourth-order valence-electron chi connectivity index (χ4n) is 8.35. The van der Waals surface area contributed by atoms with Crippen LogP contribution in [0.3, 0.4) is 0 Å². The summed E-state index contributed by atoms with van der Waals surface area (Å²) in [6.07, 6.45) is 0. The molecule has 0 N–H and O–H groups in total. The first-order valence-electron chi connectivity index (χ1n) is 18.9. The van der Waals surface area contributed by atoms with Gasteiger partial charge in [-0.1, -0.05) is 188 Å². The van der Waals surface area contributed by atoms with Crippen LogP contribution in [0.2, 0.25) is 0 Å². The van der Waals surface area contributed by atoms with Gasteiger partial charge >= 0.3 is 0 Å². The number of nitrogens with zero attached hydrogens (tertiary/aromatic N) is 4. The molecule has 56 heavy (non-hydrogen) atoms. The maximum atomic E-state index is 5.44. The molecular weight excluding hydrogens is 681 g/mol. The van der Waals surface area contributed by atoms with Gasteiger partial charge in [0.25, 0.3) is 0 Å². The summed E-state index contributed by atoms with van der Waals surface area (Å²) < 4.78 is 0. The van der Waals surface area contributed by atoms with E-state index >= 15 is 0 Å². The van der Waals surface area contributed by atoms with Crippen molar-refractivity contribution in [3.63, 3.8) is 0 Å². The predicted molar refractivity (Wildman–Crippen MR) is 232 cm³/mol. The third-order valence-electron chi connectivity index (χ3n) is 10.9. The Kier molecular flexibility index (Phi) is 7.46. The van der Waals surface area contributed by atoms with Crippen LogP contribution in [-0.2, 0) is 0 Å². The Morgan fingerprint density at radius 3 is 1.32 bits per heavy atom. The minimum absolute atomic E-state index is 0.640. The highest BCUT2D eigenvalue weighted by molar-refractivity contribution is 6.24. The number of aromatic nitrogens is 4. The van der Waals surface area contributed by atoms with Gasteiger partial charge < -0.3 is 0 Å². The SMILES string of the molecule is c1ccc(-c2nc(-c3ccccc3)nc(-c3c4ccccc4c(-c4ccc5c(c4)nc(-c4ccccc4)c4ccc6ccccc6c45)c4ccccc34)n2)cc1. The lowest BCUT2D eigenvalue weighted by atomic mass is 9.87. The van der Waals surface area contributed by atoms with Gasteiger partial charge in [-0.3, -0.25) is 0 Å². The molecule has 0 aliphatic rings. The van der Waals surface area contributed by atoms with E-state index in [0.717, 1.165) is 76.9 Å². The first-order valence-corrected chi connectivity index (χ1v) is 18.9. The van der Waals surface area contributed by atoms with Gasteiger partial charge in [0.15, 0.2) is 17.5 Å². The second-order valence-corrected chi connectivity index (χ2v) is 14.1. The molecule has 0 aliphatic heterocycles. The van der Waals surface area contributed by atoms with Gasteiger partial charge in [0.1, 0.15) is 0 Å². The fraction of sp³-hybridized carbons (Fsp3) is 0. The van der Waals surface area contributed by atoms with Crippen molar-refractivity contribution >= 4 is 54.0 Å². The van der Waals surface area contributed by atoms with E-state index in [1.165, 1.54) is 16.2 Å². The van der Waals surface area contributed by atoms with Crippen LogP contribution in [0.1, 0.15) is 0 Å². The normalized spacial score (nSPS) is 11.6. The largest absolute Gasteiger partial charge is 0.247 e. The summed E-state index contributed by atoms with van der Waals surface area (Å²) in [4.78, 5) is 20.8. The average Bonchev–Trinajstić information content (AvgIpc) is 3.28. The monoisotopic (exact) mass is 712 g/mol. The second-order valence-electron chi connectivity index (χ2n) is 14.1. The maximum Gasteiger partial charge on any atom is 0.165 e. The van der Waals surface area contributed by atoms with E-state index in [4.69, 9.17) is 19.9 Å². The molecule has 0 aliphatic carbocycles. The quantitative estimate of drug-likeness (QED) is 0.132. The zero-order valence-electron chi connectivity index (χ0n) is 30.3. The number of hydrogen-bond acceptors (Lipinski definition) is 4. The van der Waals surface area contributed by atoms with Gasteiger partial charge in [0, 0.05) is 38.4 Å². The Hall–Kier alpha value is -7.56. The highest BCUT2D eigenvalue weighted by Gasteiger charge is 2.21. The first kappa shape index (κ1) is 31.9. The van der Waals surface area contributed by atoms with E-state index in [-0.39, 0.29) is 0 Å². The molecular formula is C52H32N4. The van der Waals surface area contributed by atoms with Gasteiger partial charge in [-0.25, -0.2) is 19.9 Å². The molecule has 0 saturated heterocycles. The summed E-state index contributed by atoms with van der Waals surface area (Å²) in [5.41, 5.74) is 8.17. The Morgan fingerprint density at radius 1 is 0.268 bits per heavy atom. The van der Waals surface area contributed by atoms with Gasteiger partial charge in [-0.15, -0.1) is 0 Å². The first-order chi connectivity index (χ1) is 27.8. The molecule has 9 aromatic carbocycles. The van der Waals surface area contributed by atoms with Crippen LogP contribution in [0, 0.1) is 0 Å². The Morgan fingerprint density at radius 2 is 0.732 bits per heavy atom. The molecule has 260 valence electrons. The van der Waals surface area contributed by atoms with Crippen molar-refractivity contribution in [2.24, 2.45) is 0 Å². The van der Waals surface area contributed by atoms with Crippen LogP contribution in [0.4, 0.5) is 0 Å². The topological polar surface area (TPSA) is 51.6 Å².